The molecule has 1 aromatic heterocycles. The second-order valence-corrected chi connectivity index (χ2v) is 3.95. The monoisotopic (exact) mass is 231 g/mol. The number of rotatable bonds is 4. The van der Waals surface area contributed by atoms with E-state index in [1.54, 1.807) is 30.6 Å². The minimum Gasteiger partial charge on any atom is -0.351 e. The Kier molecular flexibility index (Phi) is 3.65. The maximum absolute atomic E-state index is 12.7. The van der Waals surface area contributed by atoms with Crippen molar-refractivity contribution in [2.75, 3.05) is 5.32 Å². The molecule has 17 heavy (non-hydrogen) atoms. The van der Waals surface area contributed by atoms with Crippen molar-refractivity contribution in [2.45, 2.75) is 19.4 Å². The Balaban J connectivity index is 1.93. The highest BCUT2D eigenvalue weighted by Gasteiger charge is 2.04. The molecular formula is C13H14FN3. The number of nitrogens with zero attached hydrogens (tertiary/aromatic N) is 2. The second-order valence-electron chi connectivity index (χ2n) is 3.95. The summed E-state index contributed by atoms with van der Waals surface area (Å²) in [6.45, 7) is 2.04. The molecule has 1 unspecified atom stereocenters. The molecule has 0 aliphatic heterocycles. The van der Waals surface area contributed by atoms with Crippen LogP contribution in [-0.4, -0.2) is 16.0 Å². The Hall–Kier alpha value is -1.97. The van der Waals surface area contributed by atoms with E-state index in [-0.39, 0.29) is 11.9 Å². The van der Waals surface area contributed by atoms with Crippen LogP contribution in [0.1, 0.15) is 12.5 Å². The lowest BCUT2D eigenvalue weighted by Crippen LogP contribution is -2.19. The van der Waals surface area contributed by atoms with Gasteiger partial charge in [0.1, 0.15) is 5.82 Å². The molecular weight excluding hydrogens is 217 g/mol. The Morgan fingerprint density at radius 1 is 1.18 bits per heavy atom. The summed E-state index contributed by atoms with van der Waals surface area (Å²) in [6.07, 6.45) is 4.19. The molecule has 1 N–H and O–H groups in total. The van der Waals surface area contributed by atoms with Gasteiger partial charge in [-0.3, -0.25) is 0 Å². The van der Waals surface area contributed by atoms with Crippen LogP contribution in [0.15, 0.2) is 42.7 Å². The van der Waals surface area contributed by atoms with Crippen molar-refractivity contribution in [1.29, 1.82) is 0 Å². The molecule has 0 fully saturated rings. The molecule has 0 saturated carbocycles. The number of hydrogen-bond acceptors (Lipinski definition) is 3. The van der Waals surface area contributed by atoms with E-state index in [4.69, 9.17) is 0 Å². The van der Waals surface area contributed by atoms with Crippen molar-refractivity contribution in [3.8, 4) is 0 Å². The molecule has 2 rings (SSSR count). The zero-order chi connectivity index (χ0) is 12.1. The van der Waals surface area contributed by atoms with Crippen molar-refractivity contribution in [3.63, 3.8) is 0 Å². The molecule has 88 valence electrons. The maximum atomic E-state index is 12.7. The van der Waals surface area contributed by atoms with Crippen LogP contribution in [0.25, 0.3) is 0 Å². The fourth-order valence-corrected chi connectivity index (χ4v) is 1.62. The van der Waals surface area contributed by atoms with Crippen molar-refractivity contribution in [2.24, 2.45) is 0 Å². The third-order valence-corrected chi connectivity index (χ3v) is 2.40. The Bertz CT molecular complexity index is 456. The highest BCUT2D eigenvalue weighted by molar-refractivity contribution is 5.26. The van der Waals surface area contributed by atoms with Gasteiger partial charge < -0.3 is 5.32 Å². The van der Waals surface area contributed by atoms with E-state index in [1.165, 1.54) is 12.1 Å². The van der Waals surface area contributed by atoms with Crippen LogP contribution >= 0.6 is 0 Å². The van der Waals surface area contributed by atoms with Gasteiger partial charge in [-0.05, 0) is 37.1 Å². The first-order chi connectivity index (χ1) is 8.24. The summed E-state index contributed by atoms with van der Waals surface area (Å²) in [5, 5.41) is 3.19. The van der Waals surface area contributed by atoms with Gasteiger partial charge >= 0.3 is 0 Å². The Labute approximate surface area is 99.7 Å². The van der Waals surface area contributed by atoms with Gasteiger partial charge in [0.15, 0.2) is 0 Å². The van der Waals surface area contributed by atoms with Gasteiger partial charge in [0.05, 0.1) is 0 Å². The van der Waals surface area contributed by atoms with E-state index >= 15 is 0 Å². The average Bonchev–Trinajstić information content (AvgIpc) is 2.33. The number of halogens is 1. The molecule has 2 aromatic rings. The molecule has 1 heterocycles. The quantitative estimate of drug-likeness (QED) is 0.879. The molecule has 0 amide bonds. The molecule has 4 heteroatoms. The summed E-state index contributed by atoms with van der Waals surface area (Å²) < 4.78 is 12.7. The zero-order valence-electron chi connectivity index (χ0n) is 9.60. The summed E-state index contributed by atoms with van der Waals surface area (Å²) in [7, 11) is 0. The van der Waals surface area contributed by atoms with Crippen LogP contribution in [-0.2, 0) is 6.42 Å². The van der Waals surface area contributed by atoms with Gasteiger partial charge in [-0.15, -0.1) is 0 Å². The predicted molar refractivity (Wildman–Crippen MR) is 65.2 cm³/mol. The van der Waals surface area contributed by atoms with E-state index in [0.29, 0.717) is 5.95 Å². The zero-order valence-corrected chi connectivity index (χ0v) is 9.60. The predicted octanol–water partition coefficient (Wildman–Crippen LogP) is 2.66. The second kappa shape index (κ2) is 5.39. The highest BCUT2D eigenvalue weighted by Crippen LogP contribution is 2.08. The number of anilines is 1. The smallest absolute Gasteiger partial charge is 0.222 e. The Morgan fingerprint density at radius 2 is 1.82 bits per heavy atom. The normalized spacial score (nSPS) is 12.1. The molecule has 0 spiro atoms. The van der Waals surface area contributed by atoms with Gasteiger partial charge in [0, 0.05) is 18.4 Å². The first-order valence-corrected chi connectivity index (χ1v) is 5.52. The van der Waals surface area contributed by atoms with E-state index in [0.717, 1.165) is 12.0 Å². The molecule has 0 aliphatic carbocycles. The highest BCUT2D eigenvalue weighted by atomic mass is 19.1. The first-order valence-electron chi connectivity index (χ1n) is 5.52. The van der Waals surface area contributed by atoms with Crippen molar-refractivity contribution >= 4 is 5.95 Å². The van der Waals surface area contributed by atoms with Gasteiger partial charge in [0.25, 0.3) is 0 Å². The molecule has 0 saturated heterocycles. The SMILES string of the molecule is CC(Cc1ccc(F)cc1)Nc1ncccn1. The lowest BCUT2D eigenvalue weighted by Gasteiger charge is -2.13. The third-order valence-electron chi connectivity index (χ3n) is 2.40. The minimum absolute atomic E-state index is 0.197. The van der Waals surface area contributed by atoms with Crippen LogP contribution in [0.4, 0.5) is 10.3 Å². The van der Waals surface area contributed by atoms with Crippen molar-refractivity contribution in [1.82, 2.24) is 9.97 Å². The first kappa shape index (κ1) is 11.5. The summed E-state index contributed by atoms with van der Waals surface area (Å²) >= 11 is 0. The van der Waals surface area contributed by atoms with Gasteiger partial charge in [0.2, 0.25) is 5.95 Å². The largest absolute Gasteiger partial charge is 0.351 e. The van der Waals surface area contributed by atoms with Crippen LogP contribution in [0.2, 0.25) is 0 Å². The molecule has 1 atom stereocenters. The minimum atomic E-state index is -0.208. The summed E-state index contributed by atoms with van der Waals surface area (Å²) in [5.41, 5.74) is 1.09. The lowest BCUT2D eigenvalue weighted by atomic mass is 10.1. The van der Waals surface area contributed by atoms with Crippen LogP contribution in [0, 0.1) is 5.82 Å². The topological polar surface area (TPSA) is 37.8 Å². The molecule has 0 aliphatic rings. The Morgan fingerprint density at radius 3 is 2.47 bits per heavy atom. The van der Waals surface area contributed by atoms with Gasteiger partial charge in [-0.1, -0.05) is 12.1 Å². The molecule has 3 nitrogen and oxygen atoms in total. The maximum Gasteiger partial charge on any atom is 0.222 e. The third kappa shape index (κ3) is 3.52. The van der Waals surface area contributed by atoms with Crippen LogP contribution in [0.5, 0.6) is 0 Å². The lowest BCUT2D eigenvalue weighted by molar-refractivity contribution is 0.626. The fraction of sp³-hybridized carbons (Fsp3) is 0.231. The van der Waals surface area contributed by atoms with Crippen LogP contribution < -0.4 is 5.32 Å². The molecule has 1 aromatic carbocycles. The summed E-state index contributed by atoms with van der Waals surface area (Å²) in [5.74, 6) is 0.405. The molecule has 0 bridgehead atoms. The van der Waals surface area contributed by atoms with Crippen molar-refractivity contribution < 1.29 is 4.39 Å². The summed E-state index contributed by atoms with van der Waals surface area (Å²) in [6, 6.07) is 8.50. The van der Waals surface area contributed by atoms with Crippen LogP contribution in [0.3, 0.4) is 0 Å². The van der Waals surface area contributed by atoms with Crippen molar-refractivity contribution in [3.05, 3.63) is 54.1 Å². The van der Waals surface area contributed by atoms with E-state index in [9.17, 15) is 4.39 Å². The number of aromatic nitrogens is 2. The molecule has 0 radical (unpaired) electrons. The number of nitrogens with one attached hydrogen (secondary N) is 1. The number of benzene rings is 1. The summed E-state index contributed by atoms with van der Waals surface area (Å²) in [4.78, 5) is 8.18. The van der Waals surface area contributed by atoms with E-state index < -0.39 is 0 Å². The van der Waals surface area contributed by atoms with E-state index in [2.05, 4.69) is 15.3 Å². The average molecular weight is 231 g/mol. The number of hydrogen-bond donors (Lipinski definition) is 1. The van der Waals surface area contributed by atoms with Gasteiger partial charge in [-0.2, -0.15) is 0 Å². The fourth-order valence-electron chi connectivity index (χ4n) is 1.62. The van der Waals surface area contributed by atoms with E-state index in [1.807, 2.05) is 6.92 Å². The van der Waals surface area contributed by atoms with Gasteiger partial charge in [-0.25, -0.2) is 14.4 Å². The standard InChI is InChI=1S/C13H14FN3/c1-10(17-13-15-7-2-8-16-13)9-11-3-5-12(14)6-4-11/h2-8,10H,9H2,1H3,(H,15,16,17).